The van der Waals surface area contributed by atoms with Crippen molar-refractivity contribution < 1.29 is 50.4 Å². The van der Waals surface area contributed by atoms with Gasteiger partial charge in [0, 0.05) is 0 Å². The zero-order valence-electron chi connectivity index (χ0n) is 35.9. The van der Waals surface area contributed by atoms with Crippen LogP contribution in [-0.2, 0) is 33.5 Å². The number of aromatic amines is 1. The summed E-state index contributed by atoms with van der Waals surface area (Å²) in [6.07, 6.45) is -4.24. The van der Waals surface area contributed by atoms with Crippen LogP contribution in [0.25, 0.3) is 11.2 Å². The molecular weight excluding hydrogens is 820 g/mol. The Morgan fingerprint density at radius 1 is 0.857 bits per heavy atom. The van der Waals surface area contributed by atoms with E-state index in [1.54, 1.807) is 0 Å². The zero-order chi connectivity index (χ0) is 43.1. The van der Waals surface area contributed by atoms with Gasteiger partial charge in [-0.3, -0.25) is 19.1 Å². The van der Waals surface area contributed by atoms with E-state index in [1.807, 2.05) is 27.7 Å². The summed E-state index contributed by atoms with van der Waals surface area (Å²) in [5, 5.41) is 21.4. The molecule has 4 atom stereocenters. The molecule has 0 aromatic carbocycles. The van der Waals surface area contributed by atoms with Gasteiger partial charge in [0.15, 0.2) is 23.5 Å². The molecule has 0 aliphatic carbocycles. The van der Waals surface area contributed by atoms with E-state index in [-0.39, 0.29) is 44.4 Å². The lowest BCUT2D eigenvalue weighted by atomic mass is 10.1. The van der Waals surface area contributed by atoms with Gasteiger partial charge in [-0.1, -0.05) is 133 Å². The summed E-state index contributed by atoms with van der Waals surface area (Å²) in [5.41, 5.74) is -5.60. The molecule has 0 amide bonds. The molecule has 3 rings (SSSR count). The third-order valence-corrected chi connectivity index (χ3v) is 47.4. The fourth-order valence-electron chi connectivity index (χ4n) is 9.39. The van der Waals surface area contributed by atoms with Crippen LogP contribution in [0.3, 0.4) is 0 Å². The highest BCUT2D eigenvalue weighted by atomic mass is 32.2. The third-order valence-electron chi connectivity index (χ3n) is 11.3. The maximum Gasteiger partial charge on any atom is 0.500 e. The number of nitrogens with one attached hydrogen (secondary N) is 2. The second-order valence-electron chi connectivity index (χ2n) is 17.5. The number of aromatic nitrogens is 4. The molecule has 56 heavy (non-hydrogen) atoms. The Labute approximate surface area is 336 Å². The lowest BCUT2D eigenvalue weighted by Gasteiger charge is -2.47. The Balaban J connectivity index is 2.33. The van der Waals surface area contributed by atoms with Crippen LogP contribution in [0.1, 0.15) is 117 Å². The first-order chi connectivity index (χ1) is 25.6. The van der Waals surface area contributed by atoms with Crippen molar-refractivity contribution in [3.05, 3.63) is 18.1 Å². The van der Waals surface area contributed by atoms with Crippen molar-refractivity contribution in [1.29, 1.82) is 5.41 Å². The van der Waals surface area contributed by atoms with Crippen LogP contribution in [0, 0.1) is 5.41 Å². The highest BCUT2D eigenvalue weighted by molar-refractivity contribution is 7.93. The number of ether oxygens (including phenoxy) is 1. The van der Waals surface area contributed by atoms with E-state index >= 15 is 0 Å². The van der Waals surface area contributed by atoms with Crippen LogP contribution < -0.4 is 5.49 Å². The fraction of sp³-hybridized carbons (Fsp3) is 0.857. The fourth-order valence-corrected chi connectivity index (χ4v) is 43.5. The molecule has 0 bridgehead atoms. The van der Waals surface area contributed by atoms with Gasteiger partial charge in [0.25, 0.3) is 14.8 Å². The molecule has 322 valence electrons. The Morgan fingerprint density at radius 3 is 1.71 bits per heavy atom. The second-order valence-corrected chi connectivity index (χ2v) is 42.4. The van der Waals surface area contributed by atoms with Gasteiger partial charge in [0.1, 0.15) is 24.6 Å². The van der Waals surface area contributed by atoms with Crippen molar-refractivity contribution in [1.82, 2.24) is 19.5 Å². The minimum absolute atomic E-state index is 0.0199. The van der Waals surface area contributed by atoms with Crippen molar-refractivity contribution in [2.45, 2.75) is 184 Å². The van der Waals surface area contributed by atoms with E-state index in [4.69, 9.17) is 29.1 Å². The lowest BCUT2D eigenvalue weighted by molar-refractivity contribution is -0.300. The second kappa shape index (κ2) is 18.1. The van der Waals surface area contributed by atoms with E-state index in [1.165, 1.54) is 6.33 Å². The van der Waals surface area contributed by atoms with Gasteiger partial charge >= 0.3 is 5.51 Å². The van der Waals surface area contributed by atoms with E-state index < -0.39 is 83.1 Å². The quantitative estimate of drug-likeness (QED) is 0.0708. The third kappa shape index (κ3) is 8.51. The highest BCUT2D eigenvalue weighted by Crippen LogP contribution is 2.51. The molecule has 3 heterocycles. The van der Waals surface area contributed by atoms with Gasteiger partial charge < -0.3 is 14.8 Å². The smallest absolute Gasteiger partial charge is 0.368 e. The van der Waals surface area contributed by atoms with Crippen molar-refractivity contribution in [2.24, 2.45) is 0 Å². The highest BCUT2D eigenvalue weighted by Gasteiger charge is 2.74. The number of aliphatic hydroxyl groups is 1. The number of halogens is 3. The van der Waals surface area contributed by atoms with Crippen molar-refractivity contribution in [3.8, 4) is 0 Å². The van der Waals surface area contributed by atoms with Crippen LogP contribution in [0.5, 0.6) is 0 Å². The molecule has 2 aromatic heterocycles. The Kier molecular flexibility index (Phi) is 15.9. The summed E-state index contributed by atoms with van der Waals surface area (Å²) in [7, 11) is -15.2. The molecule has 1 aliphatic heterocycles. The first kappa shape index (κ1) is 49.1. The molecular formula is C35H66F3N5O8SSi4. The number of imidazole rings is 1. The number of sulfone groups is 1. The predicted molar refractivity (Wildman–Crippen MR) is 218 cm³/mol. The van der Waals surface area contributed by atoms with Gasteiger partial charge in [-0.2, -0.15) is 13.2 Å². The standard InChI is InChI=1S/C35H66F3N5O8SSi4/c1-20(2)53(21(3)4)55(24(9)10,25(11)12)50-47-17-28-30(49-51-56(26(13)14,27(15)16)54(22(5)6)23(7)8)34(44,52(45,46)35(36,37)38)33(48-28)43-19-42-32-29(31(43)39)40-18-41-32/h18-28,30,33,39,44H,17H2,1-16H3,(H,40,41)/t28-,30-,33-,34-/m1/s1. The van der Waals surface area contributed by atoms with Crippen LogP contribution >= 0.6 is 0 Å². The van der Waals surface area contributed by atoms with Crippen LogP contribution in [-0.4, -0.2) is 94.6 Å². The zero-order valence-corrected chi connectivity index (χ0v) is 40.7. The molecule has 21 heteroatoms. The normalized spacial score (nSPS) is 22.1. The molecule has 2 aromatic rings. The van der Waals surface area contributed by atoms with Crippen molar-refractivity contribution in [2.75, 3.05) is 6.61 Å². The maximum atomic E-state index is 14.9. The van der Waals surface area contributed by atoms with E-state index in [0.29, 0.717) is 11.1 Å². The predicted octanol–water partition coefficient (Wildman–Crippen LogP) is 8.34. The number of H-pyrrole nitrogens is 1. The topological polar surface area (TPSA) is 171 Å². The summed E-state index contributed by atoms with van der Waals surface area (Å²) in [6, 6.07) is 0. The number of fused-ring (bicyclic) bond motifs is 1. The minimum atomic E-state index is -6.58. The van der Waals surface area contributed by atoms with E-state index in [0.717, 1.165) is 10.9 Å². The van der Waals surface area contributed by atoms with E-state index in [2.05, 4.69) is 98.0 Å². The molecule has 1 fully saturated rings. The largest absolute Gasteiger partial charge is 0.500 e. The van der Waals surface area contributed by atoms with Crippen LogP contribution in [0.15, 0.2) is 12.7 Å². The van der Waals surface area contributed by atoms with Crippen LogP contribution in [0.4, 0.5) is 13.2 Å². The summed E-state index contributed by atoms with van der Waals surface area (Å²) in [6.45, 7) is 32.8. The Hall–Kier alpha value is -1.28. The maximum absolute atomic E-state index is 14.9. The van der Waals surface area contributed by atoms with Gasteiger partial charge in [-0.25, -0.2) is 28.2 Å². The molecule has 0 saturated carbocycles. The number of hydrogen-bond donors (Lipinski definition) is 3. The number of hydrogen-bond acceptors (Lipinski definition) is 11. The molecule has 3 N–H and O–H groups in total. The van der Waals surface area contributed by atoms with Crippen LogP contribution in [0.2, 0.25) is 44.3 Å². The molecule has 2 radical (unpaired) electrons. The van der Waals surface area contributed by atoms with E-state index in [9.17, 15) is 26.7 Å². The first-order valence-electron chi connectivity index (χ1n) is 19.6. The molecule has 0 spiro atoms. The summed E-state index contributed by atoms with van der Waals surface area (Å²) < 4.78 is 92.6. The van der Waals surface area contributed by atoms with Crippen molar-refractivity contribution >= 4 is 53.3 Å². The summed E-state index contributed by atoms with van der Waals surface area (Å²) in [4.78, 5) is 19.2. The minimum Gasteiger partial charge on any atom is -0.368 e. The van der Waals surface area contributed by atoms with Gasteiger partial charge in [-0.05, 0) is 22.2 Å². The summed E-state index contributed by atoms with van der Waals surface area (Å²) >= 11 is 0. The van der Waals surface area contributed by atoms with Crippen molar-refractivity contribution in [3.63, 3.8) is 0 Å². The average Bonchev–Trinajstić information content (AvgIpc) is 3.64. The molecule has 1 aliphatic rings. The summed E-state index contributed by atoms with van der Waals surface area (Å²) in [5.74, 6) is 0. The SMILES string of the molecule is CC(C)[Si](C(C)C)[Si](OOC[C@H]1O[C@@H](n2cnc3nc[nH]c3c2=N)[C@](O)(S(=O)(=O)C(F)(F)F)[C@@H]1OO[Si](C(C)C)(C(C)C)[Si](C(C)C)C(C)C)(C(C)C)C(C)C. The number of alkyl halides is 3. The molecule has 1 saturated heterocycles. The Morgan fingerprint density at radius 2 is 1.30 bits per heavy atom. The molecule has 0 unspecified atom stereocenters. The van der Waals surface area contributed by atoms with Gasteiger partial charge in [0.2, 0.25) is 15.7 Å². The number of nitrogens with zero attached hydrogens (tertiary/aromatic N) is 3. The monoisotopic (exact) mass is 885 g/mol. The molecule has 13 nitrogen and oxygen atoms in total. The van der Waals surface area contributed by atoms with Gasteiger partial charge in [-0.15, -0.1) is 0 Å². The lowest BCUT2D eigenvalue weighted by Crippen LogP contribution is -2.64. The Bertz CT molecular complexity index is 1740. The average molecular weight is 886 g/mol. The first-order valence-corrected chi connectivity index (χ1v) is 30.5. The number of rotatable bonds is 19. The van der Waals surface area contributed by atoms with Gasteiger partial charge in [0.05, 0.1) is 23.0 Å².